The van der Waals surface area contributed by atoms with Crippen molar-refractivity contribution in [3.63, 3.8) is 0 Å². The average molecular weight is 265 g/mol. The molecule has 2 rings (SSSR count). The fourth-order valence-corrected chi connectivity index (χ4v) is 2.00. The van der Waals surface area contributed by atoms with E-state index < -0.39 is 0 Å². The third kappa shape index (κ3) is 2.68. The van der Waals surface area contributed by atoms with Crippen molar-refractivity contribution in [1.82, 2.24) is 0 Å². The maximum atomic E-state index is 11.2. The number of hydrogen-bond donors (Lipinski definition) is 0. The maximum absolute atomic E-state index is 11.2. The van der Waals surface area contributed by atoms with Gasteiger partial charge in [-0.2, -0.15) is 0 Å². The molecule has 86 valence electrons. The molecule has 0 radical (unpaired) electrons. The van der Waals surface area contributed by atoms with E-state index in [1.54, 1.807) is 31.2 Å². The van der Waals surface area contributed by atoms with E-state index in [-0.39, 0.29) is 5.78 Å². The molecule has 0 N–H and O–H groups in total. The van der Waals surface area contributed by atoms with Crippen LogP contribution >= 0.6 is 23.2 Å². The smallest absolute Gasteiger partial charge is 0.159 e. The Morgan fingerprint density at radius 1 is 1.00 bits per heavy atom. The van der Waals surface area contributed by atoms with Crippen LogP contribution in [-0.2, 0) is 0 Å². The number of Topliss-reactive ketones (excluding diaryl/α,β-unsaturated/α-hetero) is 1. The third-order valence-electron chi connectivity index (χ3n) is 2.53. The summed E-state index contributed by atoms with van der Waals surface area (Å²) in [6.45, 7) is 1.54. The molecule has 0 saturated heterocycles. The van der Waals surface area contributed by atoms with Crippen molar-refractivity contribution in [2.24, 2.45) is 0 Å². The molecular formula is C14H10Cl2O. The van der Waals surface area contributed by atoms with E-state index in [2.05, 4.69) is 0 Å². The van der Waals surface area contributed by atoms with Gasteiger partial charge in [0.05, 0.1) is 0 Å². The number of ketones is 1. The molecule has 0 aromatic heterocycles. The van der Waals surface area contributed by atoms with Crippen LogP contribution in [0.3, 0.4) is 0 Å². The van der Waals surface area contributed by atoms with Crippen LogP contribution in [0, 0.1) is 0 Å². The monoisotopic (exact) mass is 264 g/mol. The highest BCUT2D eigenvalue weighted by molar-refractivity contribution is 6.35. The predicted octanol–water partition coefficient (Wildman–Crippen LogP) is 4.86. The average Bonchev–Trinajstić information content (AvgIpc) is 2.32. The van der Waals surface area contributed by atoms with Crippen LogP contribution in [0.5, 0.6) is 0 Å². The molecule has 2 aromatic carbocycles. The molecule has 2 aromatic rings. The summed E-state index contributed by atoms with van der Waals surface area (Å²) in [5.41, 5.74) is 2.50. The van der Waals surface area contributed by atoms with Crippen LogP contribution in [-0.4, -0.2) is 5.78 Å². The Balaban J connectivity index is 2.46. The minimum Gasteiger partial charge on any atom is -0.295 e. The van der Waals surface area contributed by atoms with Crippen molar-refractivity contribution in [1.29, 1.82) is 0 Å². The topological polar surface area (TPSA) is 17.1 Å². The molecule has 0 unspecified atom stereocenters. The van der Waals surface area contributed by atoms with E-state index in [0.717, 1.165) is 11.1 Å². The van der Waals surface area contributed by atoms with Gasteiger partial charge in [0.15, 0.2) is 5.78 Å². The molecule has 0 bridgehead atoms. The van der Waals surface area contributed by atoms with Crippen LogP contribution in [0.1, 0.15) is 17.3 Å². The largest absolute Gasteiger partial charge is 0.295 e. The highest BCUT2D eigenvalue weighted by atomic mass is 35.5. The molecule has 0 aliphatic rings. The summed E-state index contributed by atoms with van der Waals surface area (Å²) in [6, 6.07) is 12.6. The van der Waals surface area contributed by atoms with Gasteiger partial charge in [-0.05, 0) is 30.7 Å². The zero-order valence-corrected chi connectivity index (χ0v) is 10.7. The van der Waals surface area contributed by atoms with Crippen molar-refractivity contribution in [2.75, 3.05) is 0 Å². The van der Waals surface area contributed by atoms with Gasteiger partial charge in [0.25, 0.3) is 0 Å². The molecule has 0 fully saturated rings. The van der Waals surface area contributed by atoms with E-state index >= 15 is 0 Å². The lowest BCUT2D eigenvalue weighted by atomic mass is 10.0. The van der Waals surface area contributed by atoms with Crippen LogP contribution in [0.2, 0.25) is 10.0 Å². The first-order valence-electron chi connectivity index (χ1n) is 5.14. The first-order valence-corrected chi connectivity index (χ1v) is 5.90. The zero-order chi connectivity index (χ0) is 12.4. The Morgan fingerprint density at radius 3 is 2.24 bits per heavy atom. The molecular weight excluding hydrogens is 255 g/mol. The number of hydrogen-bond acceptors (Lipinski definition) is 1. The first-order chi connectivity index (χ1) is 8.08. The van der Waals surface area contributed by atoms with Gasteiger partial charge in [0.2, 0.25) is 0 Å². The molecule has 0 saturated carbocycles. The van der Waals surface area contributed by atoms with Crippen molar-refractivity contribution in [3.05, 3.63) is 58.1 Å². The summed E-state index contributed by atoms with van der Waals surface area (Å²) in [7, 11) is 0. The van der Waals surface area contributed by atoms with Gasteiger partial charge >= 0.3 is 0 Å². The van der Waals surface area contributed by atoms with E-state index in [1.807, 2.05) is 18.2 Å². The Kier molecular flexibility index (Phi) is 3.51. The third-order valence-corrected chi connectivity index (χ3v) is 3.10. The van der Waals surface area contributed by atoms with Gasteiger partial charge in [0.1, 0.15) is 0 Å². The highest BCUT2D eigenvalue weighted by Gasteiger charge is 2.05. The normalized spacial score (nSPS) is 10.3. The quantitative estimate of drug-likeness (QED) is 0.708. The number of rotatable bonds is 2. The van der Waals surface area contributed by atoms with Gasteiger partial charge < -0.3 is 0 Å². The number of benzene rings is 2. The van der Waals surface area contributed by atoms with E-state index in [0.29, 0.717) is 15.6 Å². The van der Waals surface area contributed by atoms with Gasteiger partial charge in [-0.25, -0.2) is 0 Å². The van der Waals surface area contributed by atoms with E-state index in [1.165, 1.54) is 0 Å². The number of carbonyl (C=O) groups is 1. The Hall–Kier alpha value is -1.31. The van der Waals surface area contributed by atoms with Crippen LogP contribution < -0.4 is 0 Å². The zero-order valence-electron chi connectivity index (χ0n) is 9.21. The lowest BCUT2D eigenvalue weighted by Gasteiger charge is -2.05. The Bertz CT molecular complexity index is 559. The summed E-state index contributed by atoms with van der Waals surface area (Å²) in [5.74, 6) is 0.0498. The minimum atomic E-state index is 0.0498. The standard InChI is InChI=1S/C14H10Cl2O/c1-9(17)10-2-4-11(5-3-10)13-8-12(15)6-7-14(13)16/h2-8H,1H3. The summed E-state index contributed by atoms with van der Waals surface area (Å²) in [4.78, 5) is 11.2. The van der Waals surface area contributed by atoms with Crippen molar-refractivity contribution < 1.29 is 4.79 Å². The molecule has 3 heteroatoms. The second kappa shape index (κ2) is 4.91. The number of carbonyl (C=O) groups excluding carboxylic acids is 1. The van der Waals surface area contributed by atoms with E-state index in [9.17, 15) is 4.79 Å². The molecule has 0 aliphatic heterocycles. The van der Waals surface area contributed by atoms with Gasteiger partial charge in [-0.3, -0.25) is 4.79 Å². The van der Waals surface area contributed by atoms with Crippen molar-refractivity contribution in [3.8, 4) is 11.1 Å². The molecule has 1 nitrogen and oxygen atoms in total. The highest BCUT2D eigenvalue weighted by Crippen LogP contribution is 2.30. The Labute approximate surface area is 110 Å². The van der Waals surface area contributed by atoms with Crippen molar-refractivity contribution in [2.45, 2.75) is 6.92 Å². The lowest BCUT2D eigenvalue weighted by Crippen LogP contribution is -1.91. The predicted molar refractivity (Wildman–Crippen MR) is 71.9 cm³/mol. The molecule has 0 amide bonds. The number of halogens is 2. The molecule has 0 heterocycles. The summed E-state index contributed by atoms with van der Waals surface area (Å²) < 4.78 is 0. The lowest BCUT2D eigenvalue weighted by molar-refractivity contribution is 0.101. The summed E-state index contributed by atoms with van der Waals surface area (Å²) in [6.07, 6.45) is 0. The molecule has 17 heavy (non-hydrogen) atoms. The fourth-order valence-electron chi connectivity index (χ4n) is 1.60. The first kappa shape index (κ1) is 12.2. The van der Waals surface area contributed by atoms with Gasteiger partial charge in [0, 0.05) is 21.2 Å². The second-order valence-corrected chi connectivity index (χ2v) is 4.60. The van der Waals surface area contributed by atoms with Crippen LogP contribution in [0.25, 0.3) is 11.1 Å². The van der Waals surface area contributed by atoms with Crippen LogP contribution in [0.15, 0.2) is 42.5 Å². The molecule has 0 aliphatic carbocycles. The van der Waals surface area contributed by atoms with Gasteiger partial charge in [-0.15, -0.1) is 0 Å². The van der Waals surface area contributed by atoms with E-state index in [4.69, 9.17) is 23.2 Å². The van der Waals surface area contributed by atoms with Crippen LogP contribution in [0.4, 0.5) is 0 Å². The summed E-state index contributed by atoms with van der Waals surface area (Å²) in [5, 5.41) is 1.28. The SMILES string of the molecule is CC(=O)c1ccc(-c2cc(Cl)ccc2Cl)cc1. The summed E-state index contributed by atoms with van der Waals surface area (Å²) >= 11 is 12.0. The second-order valence-electron chi connectivity index (χ2n) is 3.76. The Morgan fingerprint density at radius 2 is 1.65 bits per heavy atom. The molecule has 0 atom stereocenters. The van der Waals surface area contributed by atoms with Gasteiger partial charge in [-0.1, -0.05) is 47.5 Å². The van der Waals surface area contributed by atoms with Crippen molar-refractivity contribution >= 4 is 29.0 Å². The fraction of sp³-hybridized carbons (Fsp3) is 0.0714. The maximum Gasteiger partial charge on any atom is 0.159 e. The minimum absolute atomic E-state index is 0.0498. The molecule has 0 spiro atoms.